The number of aliphatic hydroxyl groups excluding tert-OH is 1. The molecule has 36 heavy (non-hydrogen) atoms. The van der Waals surface area contributed by atoms with E-state index in [1.165, 1.54) is 38.9 Å². The summed E-state index contributed by atoms with van der Waals surface area (Å²) in [6.45, 7) is 0.0326. The first-order valence-electron chi connectivity index (χ1n) is 11.7. The van der Waals surface area contributed by atoms with Crippen molar-refractivity contribution >= 4 is 35.7 Å². The van der Waals surface area contributed by atoms with E-state index in [2.05, 4.69) is 5.32 Å². The number of aromatic nitrogens is 3. The number of benzene rings is 2. The van der Waals surface area contributed by atoms with Gasteiger partial charge in [0.1, 0.15) is 24.7 Å². The lowest BCUT2D eigenvalue weighted by atomic mass is 9.96. The van der Waals surface area contributed by atoms with Crippen molar-refractivity contribution < 1.29 is 9.50 Å². The Kier molecular flexibility index (Phi) is 6.13. The number of pyridine rings is 1. The van der Waals surface area contributed by atoms with E-state index in [9.17, 15) is 23.9 Å². The Labute approximate surface area is 206 Å². The summed E-state index contributed by atoms with van der Waals surface area (Å²) in [5.74, 6) is -0.642. The Balaban J connectivity index is 1.84. The summed E-state index contributed by atoms with van der Waals surface area (Å²) in [6, 6.07) is 12.3. The molecule has 2 N–H and O–H groups in total. The van der Waals surface area contributed by atoms with Gasteiger partial charge in [-0.25, -0.2) is 13.8 Å². The Hall–Kier alpha value is -3.92. The lowest BCUT2D eigenvalue weighted by Gasteiger charge is -2.19. The predicted molar refractivity (Wildman–Crippen MR) is 138 cm³/mol. The number of rotatable bonds is 7. The van der Waals surface area contributed by atoms with Crippen LogP contribution in [0.5, 0.6) is 0 Å². The number of fused-ring (bicyclic) bond motifs is 1. The summed E-state index contributed by atoms with van der Waals surface area (Å²) in [5.41, 5.74) is 0.300. The molecule has 2 aromatic carbocycles. The second-order valence-corrected chi connectivity index (χ2v) is 9.04. The summed E-state index contributed by atoms with van der Waals surface area (Å²) in [6.07, 6.45) is 2.54. The number of hydrogen-bond donors (Lipinski definition) is 2. The Bertz CT molecular complexity index is 1670. The number of hydrogen-bond acceptors (Lipinski definition) is 5. The van der Waals surface area contributed by atoms with Crippen LogP contribution in [0.15, 0.2) is 62.9 Å². The third kappa shape index (κ3) is 4.17. The standard InChI is InChI=1S/C26H24BFN4O4/c1-30-22(34)14-21(29-20-10-7-16(27)13-19(20)28)23-24(30)31(26(36)32(25(23)35)17-8-9-17)18-6-2-4-15(12-18)5-3-11-33/h2,4,6-7,10,12-14,17,29,33H,3,5,8-9,11H2,1H3. The molecule has 1 aliphatic rings. The van der Waals surface area contributed by atoms with Gasteiger partial charge in [-0.15, -0.1) is 0 Å². The number of aliphatic hydroxyl groups is 1. The summed E-state index contributed by atoms with van der Waals surface area (Å²) < 4.78 is 18.4. The molecule has 5 rings (SSSR count). The smallest absolute Gasteiger partial charge is 0.337 e. The fourth-order valence-corrected chi connectivity index (χ4v) is 4.46. The molecule has 0 aliphatic heterocycles. The molecular weight excluding hydrogens is 462 g/mol. The number of nitrogens with one attached hydrogen (secondary N) is 1. The molecule has 0 bridgehead atoms. The van der Waals surface area contributed by atoms with Crippen molar-refractivity contribution in [3.8, 4) is 5.69 Å². The molecule has 2 heterocycles. The van der Waals surface area contributed by atoms with Gasteiger partial charge < -0.3 is 10.4 Å². The first kappa shape index (κ1) is 23.8. The second-order valence-electron chi connectivity index (χ2n) is 9.04. The Morgan fingerprint density at radius 3 is 2.56 bits per heavy atom. The van der Waals surface area contributed by atoms with Gasteiger partial charge in [-0.1, -0.05) is 23.7 Å². The maximum Gasteiger partial charge on any atom is 0.337 e. The molecule has 182 valence electrons. The third-order valence-corrected chi connectivity index (χ3v) is 6.42. The van der Waals surface area contributed by atoms with Crippen molar-refractivity contribution in [3.05, 3.63) is 91.1 Å². The molecule has 0 spiro atoms. The lowest BCUT2D eigenvalue weighted by molar-refractivity contribution is 0.288. The van der Waals surface area contributed by atoms with E-state index in [-0.39, 0.29) is 40.5 Å². The van der Waals surface area contributed by atoms with Gasteiger partial charge in [0.15, 0.2) is 0 Å². The SMILES string of the molecule is [B]c1ccc(Nc2cc(=O)n(C)c3c2c(=O)n(C2CC2)c(=O)n3-c2cccc(CCCO)c2)c(F)c1. The molecule has 0 unspecified atom stereocenters. The predicted octanol–water partition coefficient (Wildman–Crippen LogP) is 1.79. The van der Waals surface area contributed by atoms with Crippen LogP contribution in [0.2, 0.25) is 0 Å². The van der Waals surface area contributed by atoms with Crippen LogP contribution in [0.1, 0.15) is 30.9 Å². The van der Waals surface area contributed by atoms with E-state index in [0.717, 1.165) is 11.6 Å². The van der Waals surface area contributed by atoms with Crippen molar-refractivity contribution in [1.82, 2.24) is 13.7 Å². The van der Waals surface area contributed by atoms with Crippen LogP contribution in [0.25, 0.3) is 16.7 Å². The van der Waals surface area contributed by atoms with Gasteiger partial charge in [0, 0.05) is 25.8 Å². The zero-order valence-corrected chi connectivity index (χ0v) is 19.7. The van der Waals surface area contributed by atoms with E-state index in [1.807, 2.05) is 12.1 Å². The summed E-state index contributed by atoms with van der Waals surface area (Å²) in [7, 11) is 7.15. The molecule has 10 heteroatoms. The fraction of sp³-hybridized carbons (Fsp3) is 0.269. The van der Waals surface area contributed by atoms with E-state index >= 15 is 0 Å². The molecule has 0 atom stereocenters. The van der Waals surface area contributed by atoms with Crippen molar-refractivity contribution in [2.24, 2.45) is 7.05 Å². The van der Waals surface area contributed by atoms with E-state index in [1.54, 1.807) is 12.1 Å². The first-order chi connectivity index (χ1) is 17.3. The molecule has 0 amide bonds. The first-order valence-corrected chi connectivity index (χ1v) is 11.7. The van der Waals surface area contributed by atoms with Crippen LogP contribution in [-0.4, -0.2) is 33.3 Å². The lowest BCUT2D eigenvalue weighted by Crippen LogP contribution is -2.41. The number of halogens is 1. The average molecular weight is 486 g/mol. The number of anilines is 2. The maximum atomic E-state index is 14.6. The van der Waals surface area contributed by atoms with Crippen LogP contribution in [0.3, 0.4) is 0 Å². The van der Waals surface area contributed by atoms with Crippen LogP contribution in [-0.2, 0) is 13.5 Å². The van der Waals surface area contributed by atoms with Crippen LogP contribution >= 0.6 is 0 Å². The molecule has 4 aromatic rings. The molecule has 1 aliphatic carbocycles. The highest BCUT2D eigenvalue weighted by atomic mass is 19.1. The maximum absolute atomic E-state index is 14.6. The highest BCUT2D eigenvalue weighted by Gasteiger charge is 2.31. The van der Waals surface area contributed by atoms with Gasteiger partial charge in [0.25, 0.3) is 11.1 Å². The number of aryl methyl sites for hydroxylation is 2. The zero-order chi connectivity index (χ0) is 25.6. The molecule has 1 saturated carbocycles. The van der Waals surface area contributed by atoms with Crippen LogP contribution < -0.4 is 27.6 Å². The average Bonchev–Trinajstić information content (AvgIpc) is 3.68. The minimum atomic E-state index is -0.642. The Morgan fingerprint density at radius 2 is 1.86 bits per heavy atom. The summed E-state index contributed by atoms with van der Waals surface area (Å²) >= 11 is 0. The van der Waals surface area contributed by atoms with Crippen molar-refractivity contribution in [1.29, 1.82) is 0 Å². The van der Waals surface area contributed by atoms with E-state index < -0.39 is 22.6 Å². The minimum absolute atomic E-state index is 0.0326. The second kappa shape index (κ2) is 9.27. The van der Waals surface area contributed by atoms with E-state index in [4.69, 9.17) is 7.85 Å². The minimum Gasteiger partial charge on any atom is -0.396 e. The van der Waals surface area contributed by atoms with Crippen LogP contribution in [0.4, 0.5) is 15.8 Å². The van der Waals surface area contributed by atoms with Gasteiger partial charge in [0.05, 0.1) is 17.1 Å². The summed E-state index contributed by atoms with van der Waals surface area (Å²) in [4.78, 5) is 40.4. The van der Waals surface area contributed by atoms with Gasteiger partial charge >= 0.3 is 5.69 Å². The van der Waals surface area contributed by atoms with Crippen LogP contribution in [0, 0.1) is 5.82 Å². The highest BCUT2D eigenvalue weighted by Crippen LogP contribution is 2.33. The van der Waals surface area contributed by atoms with Crippen molar-refractivity contribution in [3.63, 3.8) is 0 Å². The van der Waals surface area contributed by atoms with Gasteiger partial charge in [-0.2, -0.15) is 0 Å². The van der Waals surface area contributed by atoms with Crippen molar-refractivity contribution in [2.45, 2.75) is 31.7 Å². The fourth-order valence-electron chi connectivity index (χ4n) is 4.46. The van der Waals surface area contributed by atoms with Crippen molar-refractivity contribution in [2.75, 3.05) is 11.9 Å². The quantitative estimate of drug-likeness (QED) is 0.389. The Morgan fingerprint density at radius 1 is 1.08 bits per heavy atom. The van der Waals surface area contributed by atoms with Gasteiger partial charge in [-0.05, 0) is 55.5 Å². The molecular formula is C26H24BFN4O4. The van der Waals surface area contributed by atoms with E-state index in [0.29, 0.717) is 31.4 Å². The molecule has 2 aromatic heterocycles. The van der Waals surface area contributed by atoms with Gasteiger partial charge in [0.2, 0.25) is 0 Å². The number of nitrogens with zero attached hydrogens (tertiary/aromatic N) is 3. The summed E-state index contributed by atoms with van der Waals surface area (Å²) in [5, 5.41) is 12.2. The third-order valence-electron chi connectivity index (χ3n) is 6.42. The molecule has 0 saturated heterocycles. The van der Waals surface area contributed by atoms with Gasteiger partial charge in [-0.3, -0.25) is 18.7 Å². The topological polar surface area (TPSA) is 98.3 Å². The molecule has 2 radical (unpaired) electrons. The normalized spacial score (nSPS) is 13.3. The highest BCUT2D eigenvalue weighted by molar-refractivity contribution is 6.32. The zero-order valence-electron chi connectivity index (χ0n) is 19.7. The monoisotopic (exact) mass is 486 g/mol. The molecule has 1 fully saturated rings. The molecule has 8 nitrogen and oxygen atoms in total. The largest absolute Gasteiger partial charge is 0.396 e.